The summed E-state index contributed by atoms with van der Waals surface area (Å²) in [5.74, 6) is -0.285. The van der Waals surface area contributed by atoms with Gasteiger partial charge in [-0.25, -0.2) is 13.1 Å². The molecule has 0 spiro atoms. The summed E-state index contributed by atoms with van der Waals surface area (Å²) in [5.41, 5.74) is 2.13. The summed E-state index contributed by atoms with van der Waals surface area (Å²) in [6, 6.07) is 13.1. The van der Waals surface area contributed by atoms with Crippen molar-refractivity contribution in [2.75, 3.05) is 18.5 Å². The van der Waals surface area contributed by atoms with Gasteiger partial charge in [0.25, 0.3) is 5.91 Å². The molecule has 1 fully saturated rings. The van der Waals surface area contributed by atoms with Crippen LogP contribution in [-0.4, -0.2) is 33.6 Å². The molecule has 1 unspecified atom stereocenters. The third-order valence-electron chi connectivity index (χ3n) is 3.95. The van der Waals surface area contributed by atoms with Crippen LogP contribution in [0.4, 0.5) is 5.69 Å². The largest absolute Gasteiger partial charge is 0.380 e. The second-order valence-electron chi connectivity index (χ2n) is 6.03. The Labute approximate surface area is 147 Å². The lowest BCUT2D eigenvalue weighted by Crippen LogP contribution is -2.35. The summed E-state index contributed by atoms with van der Waals surface area (Å²) < 4.78 is 32.4. The Kier molecular flexibility index (Phi) is 5.17. The van der Waals surface area contributed by atoms with Gasteiger partial charge in [-0.15, -0.1) is 0 Å². The quantitative estimate of drug-likeness (QED) is 0.857. The molecule has 3 rings (SSSR count). The van der Waals surface area contributed by atoms with Gasteiger partial charge in [0.2, 0.25) is 10.0 Å². The van der Waals surface area contributed by atoms with E-state index in [2.05, 4.69) is 10.0 Å². The van der Waals surface area contributed by atoms with Crippen molar-refractivity contribution >= 4 is 21.6 Å². The predicted molar refractivity (Wildman–Crippen MR) is 95.1 cm³/mol. The predicted octanol–water partition coefficient (Wildman–Crippen LogP) is 2.31. The summed E-state index contributed by atoms with van der Waals surface area (Å²) in [6.45, 7) is 2.89. The van der Waals surface area contributed by atoms with Crippen molar-refractivity contribution in [3.8, 4) is 0 Å². The van der Waals surface area contributed by atoms with Gasteiger partial charge in [-0.2, -0.15) is 0 Å². The van der Waals surface area contributed by atoms with Crippen molar-refractivity contribution in [1.29, 1.82) is 0 Å². The molecule has 1 amide bonds. The molecule has 1 heterocycles. The molecule has 1 saturated heterocycles. The summed E-state index contributed by atoms with van der Waals surface area (Å²) in [4.78, 5) is 12.4. The van der Waals surface area contributed by atoms with E-state index in [4.69, 9.17) is 4.74 Å². The topological polar surface area (TPSA) is 84.5 Å². The van der Waals surface area contributed by atoms with Gasteiger partial charge in [-0.05, 0) is 55.3 Å². The second kappa shape index (κ2) is 7.35. The number of benzene rings is 2. The molecule has 1 aliphatic rings. The zero-order valence-corrected chi connectivity index (χ0v) is 14.7. The number of rotatable bonds is 5. The van der Waals surface area contributed by atoms with Crippen molar-refractivity contribution in [2.45, 2.75) is 24.3 Å². The molecule has 7 heteroatoms. The number of carbonyl (C=O) groups excluding carboxylic acids is 1. The fourth-order valence-corrected chi connectivity index (χ4v) is 3.88. The van der Waals surface area contributed by atoms with Crippen LogP contribution < -0.4 is 10.0 Å². The van der Waals surface area contributed by atoms with Crippen molar-refractivity contribution in [2.24, 2.45) is 0 Å². The van der Waals surface area contributed by atoms with Crippen LogP contribution in [0.2, 0.25) is 0 Å². The van der Waals surface area contributed by atoms with E-state index in [1.807, 2.05) is 25.1 Å². The normalized spacial score (nSPS) is 17.4. The van der Waals surface area contributed by atoms with Gasteiger partial charge >= 0.3 is 0 Å². The minimum Gasteiger partial charge on any atom is -0.380 e. The van der Waals surface area contributed by atoms with Crippen LogP contribution in [0, 0.1) is 6.92 Å². The van der Waals surface area contributed by atoms with E-state index >= 15 is 0 Å². The zero-order chi connectivity index (χ0) is 17.9. The molecule has 132 valence electrons. The first-order valence-corrected chi connectivity index (χ1v) is 9.50. The van der Waals surface area contributed by atoms with Crippen molar-refractivity contribution in [3.05, 3.63) is 59.7 Å². The standard InChI is InChI=1S/C18H20N2O4S/c1-13-3-2-4-15(11-13)19-18(21)14-5-7-17(8-6-14)25(22,23)20-16-9-10-24-12-16/h2-8,11,16,20H,9-10,12H2,1H3,(H,19,21). The van der Waals surface area contributed by atoms with E-state index in [-0.39, 0.29) is 16.8 Å². The number of amides is 1. The monoisotopic (exact) mass is 360 g/mol. The molecule has 0 aliphatic carbocycles. The Morgan fingerprint density at radius 1 is 1.16 bits per heavy atom. The average Bonchev–Trinajstić information content (AvgIpc) is 3.07. The van der Waals surface area contributed by atoms with E-state index in [0.717, 1.165) is 5.56 Å². The van der Waals surface area contributed by atoms with Crippen molar-refractivity contribution in [1.82, 2.24) is 4.72 Å². The summed E-state index contributed by atoms with van der Waals surface area (Å²) >= 11 is 0. The lowest BCUT2D eigenvalue weighted by Gasteiger charge is -2.12. The van der Waals surface area contributed by atoms with Gasteiger partial charge in [0.15, 0.2) is 0 Å². The van der Waals surface area contributed by atoms with Crippen LogP contribution >= 0.6 is 0 Å². The highest BCUT2D eigenvalue weighted by Crippen LogP contribution is 2.15. The number of hydrogen-bond donors (Lipinski definition) is 2. The molecule has 0 saturated carbocycles. The average molecular weight is 360 g/mol. The van der Waals surface area contributed by atoms with Crippen LogP contribution in [0.1, 0.15) is 22.3 Å². The van der Waals surface area contributed by atoms with E-state index in [9.17, 15) is 13.2 Å². The molecule has 6 nitrogen and oxygen atoms in total. The Bertz CT molecular complexity index is 857. The smallest absolute Gasteiger partial charge is 0.255 e. The first-order chi connectivity index (χ1) is 11.9. The SMILES string of the molecule is Cc1cccc(NC(=O)c2ccc(S(=O)(=O)NC3CCOC3)cc2)c1. The Morgan fingerprint density at radius 2 is 1.92 bits per heavy atom. The molecule has 0 radical (unpaired) electrons. The molecule has 2 aromatic rings. The maximum absolute atomic E-state index is 12.3. The third-order valence-corrected chi connectivity index (χ3v) is 5.49. The lowest BCUT2D eigenvalue weighted by atomic mass is 10.2. The Morgan fingerprint density at radius 3 is 2.56 bits per heavy atom. The van der Waals surface area contributed by atoms with Crippen LogP contribution in [-0.2, 0) is 14.8 Å². The van der Waals surface area contributed by atoms with Gasteiger partial charge in [-0.1, -0.05) is 12.1 Å². The molecule has 1 aliphatic heterocycles. The highest BCUT2D eigenvalue weighted by Gasteiger charge is 2.23. The minimum atomic E-state index is -3.61. The van der Waals surface area contributed by atoms with Gasteiger partial charge in [0.05, 0.1) is 11.5 Å². The number of ether oxygens (including phenoxy) is 1. The molecule has 2 N–H and O–H groups in total. The third kappa shape index (κ3) is 4.45. The first kappa shape index (κ1) is 17.6. The highest BCUT2D eigenvalue weighted by atomic mass is 32.2. The molecular weight excluding hydrogens is 340 g/mol. The number of nitrogens with one attached hydrogen (secondary N) is 2. The van der Waals surface area contributed by atoms with Gasteiger partial charge in [0.1, 0.15) is 0 Å². The van der Waals surface area contributed by atoms with Crippen molar-refractivity contribution < 1.29 is 17.9 Å². The van der Waals surface area contributed by atoms with Gasteiger partial charge in [0, 0.05) is 23.9 Å². The van der Waals surface area contributed by atoms with Crippen molar-refractivity contribution in [3.63, 3.8) is 0 Å². The van der Waals surface area contributed by atoms with E-state index < -0.39 is 10.0 Å². The van der Waals surface area contributed by atoms with E-state index in [1.54, 1.807) is 6.07 Å². The number of carbonyl (C=O) groups is 1. The van der Waals surface area contributed by atoms with Crippen LogP contribution in [0.3, 0.4) is 0 Å². The minimum absolute atomic E-state index is 0.131. The molecule has 0 aromatic heterocycles. The second-order valence-corrected chi connectivity index (χ2v) is 7.74. The number of hydrogen-bond acceptors (Lipinski definition) is 4. The molecule has 0 bridgehead atoms. The number of aryl methyl sites for hydroxylation is 1. The van der Waals surface area contributed by atoms with Gasteiger partial charge in [-0.3, -0.25) is 4.79 Å². The van der Waals surface area contributed by atoms with Crippen LogP contribution in [0.15, 0.2) is 53.4 Å². The lowest BCUT2D eigenvalue weighted by molar-refractivity contribution is 0.102. The Hall–Kier alpha value is -2.22. The van der Waals surface area contributed by atoms with Gasteiger partial charge < -0.3 is 10.1 Å². The van der Waals surface area contributed by atoms with E-state index in [0.29, 0.717) is 30.9 Å². The maximum Gasteiger partial charge on any atom is 0.255 e. The maximum atomic E-state index is 12.3. The number of anilines is 1. The summed E-state index contributed by atoms with van der Waals surface area (Å²) in [5, 5.41) is 2.80. The molecule has 2 aromatic carbocycles. The highest BCUT2D eigenvalue weighted by molar-refractivity contribution is 7.89. The first-order valence-electron chi connectivity index (χ1n) is 8.02. The molecule has 1 atom stereocenters. The fraction of sp³-hybridized carbons (Fsp3) is 0.278. The Balaban J connectivity index is 1.69. The van der Waals surface area contributed by atoms with E-state index in [1.165, 1.54) is 24.3 Å². The number of sulfonamides is 1. The zero-order valence-electron chi connectivity index (χ0n) is 13.9. The molecular formula is C18H20N2O4S. The molecule has 25 heavy (non-hydrogen) atoms. The summed E-state index contributed by atoms with van der Waals surface area (Å²) in [6.07, 6.45) is 0.663. The fourth-order valence-electron chi connectivity index (χ4n) is 2.63. The summed E-state index contributed by atoms with van der Waals surface area (Å²) in [7, 11) is -3.61. The van der Waals surface area contributed by atoms with Crippen LogP contribution in [0.5, 0.6) is 0 Å². The van der Waals surface area contributed by atoms with Crippen LogP contribution in [0.25, 0.3) is 0 Å².